The minimum absolute atomic E-state index is 0.103. The fourth-order valence-corrected chi connectivity index (χ4v) is 4.11. The van der Waals surface area contributed by atoms with Crippen LogP contribution in [0.3, 0.4) is 0 Å². The largest absolute Gasteiger partial charge is 0.326 e. The van der Waals surface area contributed by atoms with Crippen molar-refractivity contribution in [2.45, 2.75) is 45.3 Å². The van der Waals surface area contributed by atoms with Crippen LogP contribution in [-0.2, 0) is 29.0 Å². The quantitative estimate of drug-likeness (QED) is 0.487. The van der Waals surface area contributed by atoms with Crippen LogP contribution in [0.15, 0.2) is 29.4 Å². The van der Waals surface area contributed by atoms with Crippen LogP contribution in [0.5, 0.6) is 0 Å². The number of rotatable bonds is 9. The van der Waals surface area contributed by atoms with Gasteiger partial charge in [-0.2, -0.15) is 0 Å². The number of hydrogen-bond donors (Lipinski definition) is 2. The van der Waals surface area contributed by atoms with Crippen LogP contribution in [0.2, 0.25) is 0 Å². The SMILES string of the molecule is CCc1nnc(NC(=O)CSc2nnc(CC(=O)Nc3ccc(C)cc3)n2CC)s1. The van der Waals surface area contributed by atoms with Crippen molar-refractivity contribution < 1.29 is 9.59 Å². The van der Waals surface area contributed by atoms with Gasteiger partial charge in [0.1, 0.15) is 10.8 Å². The highest BCUT2D eigenvalue weighted by Gasteiger charge is 2.16. The summed E-state index contributed by atoms with van der Waals surface area (Å²) in [6.07, 6.45) is 0.883. The maximum Gasteiger partial charge on any atom is 0.236 e. The highest BCUT2D eigenvalue weighted by atomic mass is 32.2. The Bertz CT molecular complexity index is 1010. The number of nitrogens with zero attached hydrogens (tertiary/aromatic N) is 5. The van der Waals surface area contributed by atoms with E-state index in [0.717, 1.165) is 22.7 Å². The molecular formula is C19H23N7O2S2. The summed E-state index contributed by atoms with van der Waals surface area (Å²) in [5.74, 6) is 0.359. The normalized spacial score (nSPS) is 10.8. The molecule has 11 heteroatoms. The molecule has 0 atom stereocenters. The number of amides is 2. The second-order valence-electron chi connectivity index (χ2n) is 6.43. The first-order valence-corrected chi connectivity index (χ1v) is 11.3. The summed E-state index contributed by atoms with van der Waals surface area (Å²) >= 11 is 2.63. The van der Waals surface area contributed by atoms with Crippen molar-refractivity contribution in [3.8, 4) is 0 Å². The lowest BCUT2D eigenvalue weighted by molar-refractivity contribution is -0.116. The molecule has 2 N–H and O–H groups in total. The molecule has 2 amide bonds. The lowest BCUT2D eigenvalue weighted by Crippen LogP contribution is -2.18. The average Bonchev–Trinajstić information content (AvgIpc) is 3.34. The summed E-state index contributed by atoms with van der Waals surface area (Å²) in [6, 6.07) is 7.60. The van der Waals surface area contributed by atoms with Crippen LogP contribution in [0.4, 0.5) is 10.8 Å². The molecule has 3 rings (SSSR count). The molecular weight excluding hydrogens is 422 g/mol. The van der Waals surface area contributed by atoms with Crippen molar-refractivity contribution in [2.24, 2.45) is 0 Å². The molecule has 0 radical (unpaired) electrons. The van der Waals surface area contributed by atoms with E-state index in [1.54, 1.807) is 0 Å². The molecule has 2 heterocycles. The van der Waals surface area contributed by atoms with Gasteiger partial charge in [0.25, 0.3) is 0 Å². The Morgan fingerprint density at radius 1 is 1.03 bits per heavy atom. The van der Waals surface area contributed by atoms with Crippen molar-refractivity contribution in [3.63, 3.8) is 0 Å². The van der Waals surface area contributed by atoms with Gasteiger partial charge in [-0.15, -0.1) is 20.4 Å². The van der Waals surface area contributed by atoms with E-state index >= 15 is 0 Å². The molecule has 1 aromatic carbocycles. The second kappa shape index (κ2) is 10.3. The molecule has 0 bridgehead atoms. The van der Waals surface area contributed by atoms with Crippen molar-refractivity contribution in [1.29, 1.82) is 0 Å². The molecule has 0 fully saturated rings. The van der Waals surface area contributed by atoms with E-state index in [0.29, 0.717) is 22.7 Å². The van der Waals surface area contributed by atoms with Crippen molar-refractivity contribution >= 4 is 45.7 Å². The molecule has 0 spiro atoms. The van der Waals surface area contributed by atoms with Gasteiger partial charge in [0, 0.05) is 12.2 Å². The predicted molar refractivity (Wildman–Crippen MR) is 118 cm³/mol. The van der Waals surface area contributed by atoms with Crippen molar-refractivity contribution in [1.82, 2.24) is 25.0 Å². The topological polar surface area (TPSA) is 115 Å². The van der Waals surface area contributed by atoms with Gasteiger partial charge in [-0.3, -0.25) is 14.9 Å². The Balaban J connectivity index is 1.55. The predicted octanol–water partition coefficient (Wildman–Crippen LogP) is 2.93. The standard InChI is InChI=1S/C19H23N7O2S2/c1-4-17-23-24-18(30-17)21-16(28)11-29-19-25-22-14(26(19)5-2)10-15(27)20-13-8-6-12(3)7-9-13/h6-9H,4-5,10-11H2,1-3H3,(H,20,27)(H,21,24,28). The van der Waals surface area contributed by atoms with Gasteiger partial charge >= 0.3 is 0 Å². The number of nitrogens with one attached hydrogen (secondary N) is 2. The molecule has 158 valence electrons. The fraction of sp³-hybridized carbons (Fsp3) is 0.368. The number of carbonyl (C=O) groups excluding carboxylic acids is 2. The summed E-state index contributed by atoms with van der Waals surface area (Å²) < 4.78 is 1.84. The Morgan fingerprint density at radius 3 is 2.47 bits per heavy atom. The molecule has 2 aromatic heterocycles. The molecule has 0 saturated carbocycles. The highest BCUT2D eigenvalue weighted by molar-refractivity contribution is 7.99. The van der Waals surface area contributed by atoms with Gasteiger partial charge in [0.05, 0.1) is 12.2 Å². The summed E-state index contributed by atoms with van der Waals surface area (Å²) in [5.41, 5.74) is 1.86. The van der Waals surface area contributed by atoms with Crippen LogP contribution in [0.1, 0.15) is 30.2 Å². The Kier molecular flexibility index (Phi) is 7.52. The van der Waals surface area contributed by atoms with E-state index in [-0.39, 0.29) is 24.0 Å². The third-order valence-electron chi connectivity index (χ3n) is 4.11. The molecule has 0 unspecified atom stereocenters. The number of carbonyl (C=O) groups is 2. The van der Waals surface area contributed by atoms with Crippen LogP contribution < -0.4 is 10.6 Å². The van der Waals surface area contributed by atoms with Gasteiger partial charge in [0.2, 0.25) is 16.9 Å². The number of anilines is 2. The fourth-order valence-electron chi connectivity index (χ4n) is 2.59. The number of thioether (sulfide) groups is 1. The van der Waals surface area contributed by atoms with Gasteiger partial charge in [-0.1, -0.05) is 47.7 Å². The molecule has 0 saturated heterocycles. The zero-order valence-corrected chi connectivity index (χ0v) is 18.6. The maximum atomic E-state index is 12.4. The first-order valence-electron chi connectivity index (χ1n) is 9.52. The van der Waals surface area contributed by atoms with E-state index in [1.165, 1.54) is 23.1 Å². The summed E-state index contributed by atoms with van der Waals surface area (Å²) in [4.78, 5) is 24.5. The number of hydrogen-bond acceptors (Lipinski definition) is 8. The van der Waals surface area contributed by atoms with E-state index in [4.69, 9.17) is 0 Å². The van der Waals surface area contributed by atoms with Gasteiger partial charge in [0.15, 0.2) is 5.16 Å². The first kappa shape index (κ1) is 21.9. The molecule has 0 aliphatic rings. The summed E-state index contributed by atoms with van der Waals surface area (Å²) in [6.45, 7) is 6.52. The number of aryl methyl sites for hydroxylation is 2. The van der Waals surface area contributed by atoms with Crippen LogP contribution in [0, 0.1) is 6.92 Å². The summed E-state index contributed by atoms with van der Waals surface area (Å²) in [7, 11) is 0. The van der Waals surface area contributed by atoms with E-state index in [1.807, 2.05) is 49.6 Å². The lowest BCUT2D eigenvalue weighted by atomic mass is 10.2. The lowest BCUT2D eigenvalue weighted by Gasteiger charge is -2.08. The number of aromatic nitrogens is 5. The van der Waals surface area contributed by atoms with Gasteiger partial charge < -0.3 is 9.88 Å². The third-order valence-corrected chi connectivity index (χ3v) is 6.06. The highest BCUT2D eigenvalue weighted by Crippen LogP contribution is 2.20. The Labute approximate surface area is 182 Å². The summed E-state index contributed by atoms with van der Waals surface area (Å²) in [5, 5.41) is 23.8. The zero-order chi connectivity index (χ0) is 21.5. The smallest absolute Gasteiger partial charge is 0.236 e. The minimum Gasteiger partial charge on any atom is -0.326 e. The Morgan fingerprint density at radius 2 is 1.80 bits per heavy atom. The minimum atomic E-state index is -0.192. The zero-order valence-electron chi connectivity index (χ0n) is 17.0. The van der Waals surface area contributed by atoms with Crippen LogP contribution in [0.25, 0.3) is 0 Å². The van der Waals surface area contributed by atoms with Crippen molar-refractivity contribution in [2.75, 3.05) is 16.4 Å². The van der Waals surface area contributed by atoms with Gasteiger partial charge in [-0.25, -0.2) is 0 Å². The van der Waals surface area contributed by atoms with E-state index < -0.39 is 0 Å². The maximum absolute atomic E-state index is 12.4. The molecule has 3 aromatic rings. The van der Waals surface area contributed by atoms with E-state index in [2.05, 4.69) is 31.0 Å². The first-order chi connectivity index (χ1) is 14.5. The Hall–Kier alpha value is -2.79. The van der Waals surface area contributed by atoms with E-state index in [9.17, 15) is 9.59 Å². The monoisotopic (exact) mass is 445 g/mol. The average molecular weight is 446 g/mol. The third kappa shape index (κ3) is 5.86. The van der Waals surface area contributed by atoms with Crippen molar-refractivity contribution in [3.05, 3.63) is 40.7 Å². The molecule has 30 heavy (non-hydrogen) atoms. The molecule has 9 nitrogen and oxygen atoms in total. The van der Waals surface area contributed by atoms with Gasteiger partial charge in [-0.05, 0) is 32.4 Å². The van der Waals surface area contributed by atoms with Crippen LogP contribution >= 0.6 is 23.1 Å². The molecule has 0 aliphatic carbocycles. The molecule has 0 aliphatic heterocycles. The second-order valence-corrected chi connectivity index (χ2v) is 8.43. The number of benzene rings is 1. The van der Waals surface area contributed by atoms with Crippen LogP contribution in [-0.4, -0.2) is 42.5 Å².